The van der Waals surface area contributed by atoms with Crippen molar-refractivity contribution in [1.29, 1.82) is 0 Å². The van der Waals surface area contributed by atoms with E-state index in [0.29, 0.717) is 30.7 Å². The topological polar surface area (TPSA) is 46.3 Å². The van der Waals surface area contributed by atoms with Crippen LogP contribution in [0.5, 0.6) is 0 Å². The van der Waals surface area contributed by atoms with Crippen LogP contribution >= 0.6 is 0 Å². The maximum absolute atomic E-state index is 11.3. The molecule has 0 aromatic rings. The first kappa shape index (κ1) is 12.8. The Labute approximate surface area is 104 Å². The lowest BCUT2D eigenvalue weighted by Crippen LogP contribution is -2.66. The molecule has 1 amide bonds. The predicted molar refractivity (Wildman–Crippen MR) is 68.4 cm³/mol. The molecule has 2 saturated heterocycles. The van der Waals surface area contributed by atoms with Crippen LogP contribution in [-0.4, -0.2) is 59.1 Å². The van der Waals surface area contributed by atoms with Crippen molar-refractivity contribution in [2.45, 2.75) is 58.3 Å². The number of carbonyl (C=O) groups excluding carboxylic acids is 1. The number of nitrogens with two attached hydrogens (primary N) is 1. The van der Waals surface area contributed by atoms with Gasteiger partial charge in [0.25, 0.3) is 5.91 Å². The number of nitrogens with zero attached hydrogens (tertiary/aromatic N) is 2. The monoisotopic (exact) mass is 240 g/mol. The molecule has 0 aromatic heterocycles. The van der Waals surface area contributed by atoms with Crippen molar-refractivity contribution >= 4 is 5.91 Å². The van der Waals surface area contributed by atoms with Gasteiger partial charge in [0.05, 0.1) is 25.2 Å². The number of likely N-dealkylation sites (tertiary alicyclic amines) is 2. The molecule has 0 saturated carbocycles. The number of piperazine rings is 1. The summed E-state index contributed by atoms with van der Waals surface area (Å²) in [6, 6.07) is 2.37. The molecule has 2 fully saturated rings. The van der Waals surface area contributed by atoms with Crippen LogP contribution in [0.4, 0.5) is 0 Å². The quantitative estimate of drug-likeness (QED) is 0.730. The smallest absolute Gasteiger partial charge is 0.272 e. The largest absolute Gasteiger partial charge is 0.365 e. The van der Waals surface area contributed by atoms with Gasteiger partial charge in [0.2, 0.25) is 0 Å². The van der Waals surface area contributed by atoms with Crippen molar-refractivity contribution < 1.29 is 9.28 Å². The molecule has 2 bridgehead atoms. The minimum atomic E-state index is -0.151. The molecule has 1 unspecified atom stereocenters. The second kappa shape index (κ2) is 4.25. The zero-order chi connectivity index (χ0) is 12.8. The summed E-state index contributed by atoms with van der Waals surface area (Å²) in [4.78, 5) is 13.9. The van der Waals surface area contributed by atoms with E-state index in [1.807, 2.05) is 0 Å². The van der Waals surface area contributed by atoms with Gasteiger partial charge in [-0.1, -0.05) is 0 Å². The zero-order valence-electron chi connectivity index (χ0n) is 11.5. The first-order valence-corrected chi connectivity index (χ1v) is 6.77. The van der Waals surface area contributed by atoms with Gasteiger partial charge < -0.3 is 10.2 Å². The van der Waals surface area contributed by atoms with E-state index in [0.717, 1.165) is 17.6 Å². The maximum atomic E-state index is 11.3. The minimum absolute atomic E-state index is 0.151. The molecule has 0 radical (unpaired) electrons. The molecule has 0 aromatic carbocycles. The third-order valence-corrected chi connectivity index (χ3v) is 4.85. The van der Waals surface area contributed by atoms with Crippen molar-refractivity contribution in [2.24, 2.45) is 5.73 Å². The zero-order valence-corrected chi connectivity index (χ0v) is 11.5. The third-order valence-electron chi connectivity index (χ3n) is 4.85. The van der Waals surface area contributed by atoms with Crippen LogP contribution in [0.3, 0.4) is 0 Å². The molecule has 3 atom stereocenters. The van der Waals surface area contributed by atoms with Crippen molar-refractivity contribution in [1.82, 2.24) is 4.90 Å². The molecule has 98 valence electrons. The molecule has 0 aliphatic carbocycles. The van der Waals surface area contributed by atoms with E-state index in [1.165, 1.54) is 6.42 Å². The summed E-state index contributed by atoms with van der Waals surface area (Å²) in [6.07, 6.45) is 1.24. The summed E-state index contributed by atoms with van der Waals surface area (Å²) in [5, 5.41) is 0. The number of quaternary nitrogens is 1. The van der Waals surface area contributed by atoms with Gasteiger partial charge >= 0.3 is 0 Å². The Balaban J connectivity index is 2.17. The summed E-state index contributed by atoms with van der Waals surface area (Å²) >= 11 is 0. The highest BCUT2D eigenvalue weighted by Gasteiger charge is 2.56. The lowest BCUT2D eigenvalue weighted by Gasteiger charge is -2.47. The summed E-state index contributed by atoms with van der Waals surface area (Å²) < 4.78 is 0.920. The fraction of sp³-hybridized carbons (Fsp3) is 0.923. The van der Waals surface area contributed by atoms with Crippen LogP contribution in [0.1, 0.15) is 34.1 Å². The van der Waals surface area contributed by atoms with E-state index in [2.05, 4.69) is 32.6 Å². The lowest BCUT2D eigenvalue weighted by atomic mass is 10.1. The number of hydrogen-bond donors (Lipinski definition) is 1. The number of primary amides is 1. The third kappa shape index (κ3) is 1.97. The Bertz CT molecular complexity index is 316. The minimum Gasteiger partial charge on any atom is -0.365 e. The van der Waals surface area contributed by atoms with E-state index >= 15 is 0 Å². The first-order valence-electron chi connectivity index (χ1n) is 6.77. The van der Waals surface area contributed by atoms with Gasteiger partial charge in [-0.2, -0.15) is 0 Å². The number of rotatable bonds is 4. The summed E-state index contributed by atoms with van der Waals surface area (Å²) in [5.74, 6) is -0.151. The number of amides is 1. The molecule has 0 spiro atoms. The molecule has 2 aliphatic rings. The van der Waals surface area contributed by atoms with Gasteiger partial charge in [0, 0.05) is 12.5 Å². The van der Waals surface area contributed by atoms with E-state index < -0.39 is 0 Å². The average Bonchev–Trinajstić information content (AvgIpc) is 2.73. The predicted octanol–water partition coefficient (Wildman–Crippen LogP) is 0.562. The van der Waals surface area contributed by atoms with E-state index in [9.17, 15) is 4.79 Å². The molecule has 17 heavy (non-hydrogen) atoms. The number of hydrogen-bond acceptors (Lipinski definition) is 2. The van der Waals surface area contributed by atoms with Crippen LogP contribution in [0.25, 0.3) is 0 Å². The van der Waals surface area contributed by atoms with Crippen molar-refractivity contribution in [3.8, 4) is 0 Å². The van der Waals surface area contributed by atoms with E-state index in [4.69, 9.17) is 5.73 Å². The van der Waals surface area contributed by atoms with Crippen LogP contribution in [-0.2, 0) is 4.79 Å². The Kier molecular flexibility index (Phi) is 3.21. The van der Waals surface area contributed by atoms with Crippen LogP contribution in [0, 0.1) is 0 Å². The second-order valence-corrected chi connectivity index (χ2v) is 6.34. The summed E-state index contributed by atoms with van der Waals surface area (Å²) in [6.45, 7) is 11.7. The fourth-order valence-corrected chi connectivity index (χ4v) is 3.94. The Morgan fingerprint density at radius 3 is 2.41 bits per heavy atom. The first-order chi connectivity index (χ1) is 7.86. The van der Waals surface area contributed by atoms with Crippen LogP contribution < -0.4 is 5.73 Å². The van der Waals surface area contributed by atoms with Gasteiger partial charge in [0.15, 0.2) is 6.54 Å². The molecule has 2 heterocycles. The standard InChI is InChI=1S/C13H25N3O/c1-9(2)15-6-12-5-11(15)7-16(12,10(3)4)8-13(14)17/h9-12H,5-8H2,1-4H3,(H-,14,17)/p+1/t11-,12-,16?/m1/s1. The second-order valence-electron chi connectivity index (χ2n) is 6.34. The van der Waals surface area contributed by atoms with E-state index in [-0.39, 0.29) is 5.91 Å². The average molecular weight is 240 g/mol. The molecular weight excluding hydrogens is 214 g/mol. The van der Waals surface area contributed by atoms with Crippen LogP contribution in [0.2, 0.25) is 0 Å². The number of carbonyl (C=O) groups is 1. The highest BCUT2D eigenvalue weighted by atomic mass is 16.1. The summed E-state index contributed by atoms with van der Waals surface area (Å²) in [5.41, 5.74) is 5.45. The number of fused-ring (bicyclic) bond motifs is 2. The van der Waals surface area contributed by atoms with E-state index in [1.54, 1.807) is 0 Å². The molecular formula is C13H26N3O+. The lowest BCUT2D eigenvalue weighted by molar-refractivity contribution is -0.955. The van der Waals surface area contributed by atoms with Gasteiger partial charge in [-0.25, -0.2) is 0 Å². The highest BCUT2D eigenvalue weighted by Crippen LogP contribution is 2.39. The highest BCUT2D eigenvalue weighted by molar-refractivity contribution is 5.75. The SMILES string of the molecule is CC(C)N1C[C@H]2C[C@@H]1C[N+]2(CC(N)=O)C(C)C. The molecule has 4 nitrogen and oxygen atoms in total. The van der Waals surface area contributed by atoms with Gasteiger partial charge in [-0.15, -0.1) is 0 Å². The Morgan fingerprint density at radius 1 is 1.41 bits per heavy atom. The van der Waals surface area contributed by atoms with Gasteiger partial charge in [0.1, 0.15) is 6.04 Å². The Morgan fingerprint density at radius 2 is 2.06 bits per heavy atom. The van der Waals surface area contributed by atoms with Gasteiger partial charge in [-0.05, 0) is 27.7 Å². The molecule has 4 heteroatoms. The summed E-state index contributed by atoms with van der Waals surface area (Å²) in [7, 11) is 0. The maximum Gasteiger partial charge on any atom is 0.272 e. The van der Waals surface area contributed by atoms with Crippen molar-refractivity contribution in [3.63, 3.8) is 0 Å². The van der Waals surface area contributed by atoms with Crippen LogP contribution in [0.15, 0.2) is 0 Å². The normalized spacial score (nSPS) is 37.3. The molecule has 2 aliphatic heterocycles. The van der Waals surface area contributed by atoms with Crippen molar-refractivity contribution in [3.05, 3.63) is 0 Å². The molecule has 2 rings (SSSR count). The van der Waals surface area contributed by atoms with Gasteiger partial charge in [-0.3, -0.25) is 9.69 Å². The fourth-order valence-electron chi connectivity index (χ4n) is 3.94. The molecule has 2 N–H and O–H groups in total. The van der Waals surface area contributed by atoms with Crippen molar-refractivity contribution in [2.75, 3.05) is 19.6 Å². The Hall–Kier alpha value is -0.610.